The van der Waals surface area contributed by atoms with Crippen LogP contribution < -0.4 is 20.3 Å². The van der Waals surface area contributed by atoms with Crippen molar-refractivity contribution in [1.29, 1.82) is 0 Å². The fraction of sp³-hybridized carbons (Fsp3) is 0.269. The smallest absolute Gasteiger partial charge is 0.414 e. The monoisotopic (exact) mass is 478 g/mol. The molecular weight excluding hydrogens is 451 g/mol. The summed E-state index contributed by atoms with van der Waals surface area (Å²) in [4.78, 5) is 28.8. The summed E-state index contributed by atoms with van der Waals surface area (Å²) in [6.07, 6.45) is 0.650. The van der Waals surface area contributed by atoms with Crippen LogP contribution in [0.15, 0.2) is 60.8 Å². The van der Waals surface area contributed by atoms with Crippen LogP contribution in [-0.4, -0.2) is 43.3 Å². The molecule has 0 unspecified atom stereocenters. The second-order valence-electron chi connectivity index (χ2n) is 8.19. The second kappa shape index (κ2) is 11.0. The molecule has 35 heavy (non-hydrogen) atoms. The number of hydrogen-bond donors (Lipinski definition) is 2. The van der Waals surface area contributed by atoms with Gasteiger partial charge in [-0.2, -0.15) is 0 Å². The van der Waals surface area contributed by atoms with Crippen molar-refractivity contribution in [3.05, 3.63) is 77.7 Å². The number of aromatic nitrogens is 1. The number of methoxy groups -OCH3 is 1. The summed E-state index contributed by atoms with van der Waals surface area (Å²) < 4.78 is 25.5. The van der Waals surface area contributed by atoms with Crippen LogP contribution in [0, 0.1) is 5.82 Å². The summed E-state index contributed by atoms with van der Waals surface area (Å²) in [5.74, 6) is -0.0414. The van der Waals surface area contributed by atoms with E-state index >= 15 is 0 Å². The topological polar surface area (TPSA) is 92.8 Å². The lowest BCUT2D eigenvalue weighted by atomic mass is 10.0. The first kappa shape index (κ1) is 24.2. The lowest BCUT2D eigenvalue weighted by Crippen LogP contribution is -2.33. The molecule has 1 atom stereocenters. The lowest BCUT2D eigenvalue weighted by molar-refractivity contribution is -0.119. The Hall–Kier alpha value is -3.98. The summed E-state index contributed by atoms with van der Waals surface area (Å²) >= 11 is 0. The molecule has 0 radical (unpaired) electrons. The normalized spacial score (nSPS) is 15.1. The van der Waals surface area contributed by atoms with E-state index in [0.717, 1.165) is 16.7 Å². The number of benzene rings is 2. The number of nitrogens with zero attached hydrogens (tertiary/aromatic N) is 2. The third-order valence-corrected chi connectivity index (χ3v) is 5.67. The number of ether oxygens (including phenoxy) is 2. The van der Waals surface area contributed by atoms with E-state index in [1.165, 1.54) is 17.9 Å². The molecule has 1 aliphatic rings. The number of nitrogens with one attached hydrogen (secondary N) is 2. The van der Waals surface area contributed by atoms with E-state index in [0.29, 0.717) is 30.2 Å². The van der Waals surface area contributed by atoms with Gasteiger partial charge in [-0.15, -0.1) is 0 Å². The highest BCUT2D eigenvalue weighted by Crippen LogP contribution is 2.29. The molecule has 2 N–H and O–H groups in total. The summed E-state index contributed by atoms with van der Waals surface area (Å²) in [6, 6.07) is 16.1. The van der Waals surface area contributed by atoms with Crippen molar-refractivity contribution in [3.8, 4) is 17.0 Å². The molecule has 9 heteroatoms. The highest BCUT2D eigenvalue weighted by molar-refractivity contribution is 5.90. The number of hydrogen-bond acceptors (Lipinski definition) is 6. The zero-order chi connectivity index (χ0) is 24.8. The maximum absolute atomic E-state index is 15.0. The Balaban J connectivity index is 1.37. The minimum Gasteiger partial charge on any atom is -0.481 e. The van der Waals surface area contributed by atoms with Gasteiger partial charge in [0.05, 0.1) is 25.9 Å². The molecule has 0 bridgehead atoms. The van der Waals surface area contributed by atoms with Crippen LogP contribution in [0.4, 0.5) is 14.9 Å². The maximum Gasteiger partial charge on any atom is 0.414 e. The Labute approximate surface area is 203 Å². The molecule has 4 rings (SSSR count). The zero-order valence-corrected chi connectivity index (χ0v) is 19.6. The standard InChI is InChI=1S/C26H27FN4O4/c1-17(32)30-15-22-16-31(26(33)35-22)21-9-10-23(24(27)12-21)19-7-5-18(6-8-19)13-28-14-20-4-3-11-29-25(20)34-2/h3-12,22,28H,13-16H2,1-2H3,(H,30,32)/t22-/m0/s1. The SMILES string of the molecule is COc1ncccc1CNCc1ccc(-c2ccc(N3C[C@H](CNC(C)=O)OC3=O)cc2F)cc1. The molecule has 2 amide bonds. The zero-order valence-electron chi connectivity index (χ0n) is 19.6. The van der Waals surface area contributed by atoms with E-state index in [2.05, 4.69) is 15.6 Å². The fourth-order valence-corrected chi connectivity index (χ4v) is 3.89. The number of cyclic esters (lactones) is 1. The predicted molar refractivity (Wildman–Crippen MR) is 129 cm³/mol. The van der Waals surface area contributed by atoms with Crippen molar-refractivity contribution in [2.75, 3.05) is 25.1 Å². The van der Waals surface area contributed by atoms with Crippen molar-refractivity contribution in [1.82, 2.24) is 15.6 Å². The Bertz CT molecular complexity index is 1200. The Morgan fingerprint density at radius 3 is 2.71 bits per heavy atom. The van der Waals surface area contributed by atoms with Gasteiger partial charge in [-0.3, -0.25) is 9.69 Å². The van der Waals surface area contributed by atoms with E-state index in [1.807, 2.05) is 36.4 Å². The van der Waals surface area contributed by atoms with Crippen LogP contribution in [0.1, 0.15) is 18.1 Å². The van der Waals surface area contributed by atoms with Crippen molar-refractivity contribution in [2.24, 2.45) is 0 Å². The maximum atomic E-state index is 15.0. The van der Waals surface area contributed by atoms with Crippen LogP contribution in [0.5, 0.6) is 5.88 Å². The van der Waals surface area contributed by atoms with Crippen molar-refractivity contribution >= 4 is 17.7 Å². The number of carbonyl (C=O) groups excluding carboxylic acids is 2. The van der Waals surface area contributed by atoms with Crippen molar-refractivity contribution < 1.29 is 23.5 Å². The molecule has 182 valence electrons. The number of pyridine rings is 1. The van der Waals surface area contributed by atoms with Gasteiger partial charge in [0.2, 0.25) is 11.8 Å². The third kappa shape index (κ3) is 5.93. The van der Waals surface area contributed by atoms with Gasteiger partial charge < -0.3 is 20.1 Å². The van der Waals surface area contributed by atoms with Gasteiger partial charge in [-0.1, -0.05) is 30.3 Å². The van der Waals surface area contributed by atoms with E-state index in [4.69, 9.17) is 9.47 Å². The molecular formula is C26H27FN4O4. The third-order valence-electron chi connectivity index (χ3n) is 5.67. The van der Waals surface area contributed by atoms with E-state index in [1.54, 1.807) is 25.4 Å². The van der Waals surface area contributed by atoms with Crippen LogP contribution in [0.25, 0.3) is 11.1 Å². The van der Waals surface area contributed by atoms with E-state index in [9.17, 15) is 14.0 Å². The Kier molecular flexibility index (Phi) is 7.57. The van der Waals surface area contributed by atoms with Gasteiger partial charge >= 0.3 is 6.09 Å². The summed E-state index contributed by atoms with van der Waals surface area (Å²) in [5, 5.41) is 5.98. The van der Waals surface area contributed by atoms with Crippen molar-refractivity contribution in [2.45, 2.75) is 26.1 Å². The molecule has 2 heterocycles. The van der Waals surface area contributed by atoms with Gasteiger partial charge in [0.15, 0.2) is 0 Å². The number of carbonyl (C=O) groups is 2. The average Bonchev–Trinajstić information content (AvgIpc) is 3.24. The van der Waals surface area contributed by atoms with Crippen LogP contribution in [-0.2, 0) is 22.6 Å². The first-order valence-corrected chi connectivity index (χ1v) is 11.2. The predicted octanol–water partition coefficient (Wildman–Crippen LogP) is 3.65. The van der Waals surface area contributed by atoms with Gasteiger partial charge in [0.25, 0.3) is 0 Å². The van der Waals surface area contributed by atoms with Crippen molar-refractivity contribution in [3.63, 3.8) is 0 Å². The molecule has 1 saturated heterocycles. The van der Waals surface area contributed by atoms with Gasteiger partial charge in [0, 0.05) is 37.3 Å². The highest BCUT2D eigenvalue weighted by Gasteiger charge is 2.32. The Morgan fingerprint density at radius 1 is 1.20 bits per heavy atom. The average molecular weight is 479 g/mol. The van der Waals surface area contributed by atoms with Gasteiger partial charge in [-0.05, 0) is 35.4 Å². The minimum atomic E-state index is -0.562. The highest BCUT2D eigenvalue weighted by atomic mass is 19.1. The molecule has 1 aromatic heterocycles. The molecule has 8 nitrogen and oxygen atoms in total. The fourth-order valence-electron chi connectivity index (χ4n) is 3.89. The lowest BCUT2D eigenvalue weighted by Gasteiger charge is -2.15. The summed E-state index contributed by atoms with van der Waals surface area (Å²) in [5.41, 5.74) is 3.61. The summed E-state index contributed by atoms with van der Waals surface area (Å²) in [7, 11) is 1.60. The molecule has 2 aromatic carbocycles. The molecule has 3 aromatic rings. The van der Waals surface area contributed by atoms with Gasteiger partial charge in [0.1, 0.15) is 11.9 Å². The molecule has 0 saturated carbocycles. The van der Waals surface area contributed by atoms with Crippen LogP contribution >= 0.6 is 0 Å². The number of rotatable bonds is 9. The molecule has 1 aliphatic heterocycles. The molecule has 0 aliphatic carbocycles. The van der Waals surface area contributed by atoms with Crippen LogP contribution in [0.3, 0.4) is 0 Å². The van der Waals surface area contributed by atoms with Gasteiger partial charge in [-0.25, -0.2) is 14.2 Å². The number of halogens is 1. The summed E-state index contributed by atoms with van der Waals surface area (Å²) in [6.45, 7) is 3.10. The van der Waals surface area contributed by atoms with E-state index in [-0.39, 0.29) is 19.0 Å². The quantitative estimate of drug-likeness (QED) is 0.488. The number of anilines is 1. The molecule has 1 fully saturated rings. The number of amides is 2. The van der Waals surface area contributed by atoms with Crippen LogP contribution in [0.2, 0.25) is 0 Å². The first-order valence-electron chi connectivity index (χ1n) is 11.2. The first-order chi connectivity index (χ1) is 16.9. The van der Waals surface area contributed by atoms with E-state index < -0.39 is 18.0 Å². The Morgan fingerprint density at radius 2 is 2.00 bits per heavy atom. The minimum absolute atomic E-state index is 0.203. The second-order valence-corrected chi connectivity index (χ2v) is 8.19. The molecule has 0 spiro atoms. The largest absolute Gasteiger partial charge is 0.481 e.